The molecular weight excluding hydrogens is 378 g/mol. The summed E-state index contributed by atoms with van der Waals surface area (Å²) < 4.78 is 11.1. The quantitative estimate of drug-likeness (QED) is 0.517. The number of fused-ring (bicyclic) bond motifs is 1. The Kier molecular flexibility index (Phi) is 5.05. The molecule has 1 aromatic carbocycles. The summed E-state index contributed by atoms with van der Waals surface area (Å²) in [4.78, 5) is 30.3. The van der Waals surface area contributed by atoms with Gasteiger partial charge in [-0.3, -0.25) is 9.59 Å². The van der Waals surface area contributed by atoms with Crippen LogP contribution in [0.4, 0.5) is 5.69 Å². The summed E-state index contributed by atoms with van der Waals surface area (Å²) in [6, 6.07) is 6.92. The molecule has 150 valence electrons. The molecule has 1 amide bonds. The summed E-state index contributed by atoms with van der Waals surface area (Å²) >= 11 is 0. The molecule has 1 aliphatic rings. The van der Waals surface area contributed by atoms with E-state index >= 15 is 0 Å². The van der Waals surface area contributed by atoms with Gasteiger partial charge >= 0.3 is 0 Å². The van der Waals surface area contributed by atoms with Gasteiger partial charge in [-0.1, -0.05) is 0 Å². The van der Waals surface area contributed by atoms with Crippen LogP contribution in [-0.2, 0) is 4.74 Å². The molecule has 2 aromatic heterocycles. The zero-order valence-corrected chi connectivity index (χ0v) is 15.3. The number of carbonyl (C=O) groups excluding carboxylic acids is 1. The number of aromatic hydroxyl groups is 2. The summed E-state index contributed by atoms with van der Waals surface area (Å²) in [6.07, 6.45) is 2.47. The first-order valence-electron chi connectivity index (χ1n) is 9.07. The number of pyridine rings is 2. The lowest BCUT2D eigenvalue weighted by atomic mass is 10.1. The van der Waals surface area contributed by atoms with Crippen molar-refractivity contribution in [3.8, 4) is 17.4 Å². The smallest absolute Gasteiger partial charge is 0.276 e. The Balaban J connectivity index is 1.59. The molecule has 1 saturated heterocycles. The molecule has 3 aromatic rings. The SMILES string of the molecule is O=C(Nc1cc(O)c2c(OCC3CCOC3)nccc2c1)c1[nH]c(=O)ccc1O. The normalized spacial score (nSPS) is 16.1. The second kappa shape index (κ2) is 7.80. The number of anilines is 1. The van der Waals surface area contributed by atoms with Crippen LogP contribution in [0.1, 0.15) is 16.9 Å². The number of aromatic nitrogens is 2. The summed E-state index contributed by atoms with van der Waals surface area (Å²) in [6.45, 7) is 1.79. The maximum absolute atomic E-state index is 12.4. The first-order chi connectivity index (χ1) is 14.0. The second-order valence-electron chi connectivity index (χ2n) is 6.79. The highest BCUT2D eigenvalue weighted by Gasteiger charge is 2.19. The van der Waals surface area contributed by atoms with Gasteiger partial charge in [-0.2, -0.15) is 0 Å². The highest BCUT2D eigenvalue weighted by molar-refractivity contribution is 6.06. The number of benzene rings is 1. The van der Waals surface area contributed by atoms with E-state index in [0.29, 0.717) is 36.5 Å². The number of H-pyrrole nitrogens is 1. The molecule has 1 unspecified atom stereocenters. The molecule has 9 heteroatoms. The van der Waals surface area contributed by atoms with E-state index in [1.54, 1.807) is 18.3 Å². The molecule has 0 radical (unpaired) electrons. The molecule has 4 N–H and O–H groups in total. The minimum Gasteiger partial charge on any atom is -0.507 e. The van der Waals surface area contributed by atoms with Crippen molar-refractivity contribution < 1.29 is 24.5 Å². The van der Waals surface area contributed by atoms with E-state index in [1.165, 1.54) is 6.07 Å². The Morgan fingerprint density at radius 1 is 1.28 bits per heavy atom. The Morgan fingerprint density at radius 2 is 2.14 bits per heavy atom. The van der Waals surface area contributed by atoms with Crippen molar-refractivity contribution in [2.24, 2.45) is 5.92 Å². The molecule has 3 heterocycles. The summed E-state index contributed by atoms with van der Waals surface area (Å²) in [5, 5.41) is 23.9. The van der Waals surface area contributed by atoms with Gasteiger partial charge in [-0.05, 0) is 30.0 Å². The number of carbonyl (C=O) groups is 1. The fraction of sp³-hybridized carbons (Fsp3) is 0.250. The van der Waals surface area contributed by atoms with E-state index in [9.17, 15) is 19.8 Å². The molecule has 0 aliphatic carbocycles. The molecular formula is C20H19N3O6. The maximum atomic E-state index is 12.4. The Bertz CT molecular complexity index is 1120. The predicted octanol–water partition coefficient (Wildman–Crippen LogP) is 2.00. The van der Waals surface area contributed by atoms with Crippen LogP contribution in [0, 0.1) is 5.92 Å². The molecule has 29 heavy (non-hydrogen) atoms. The topological polar surface area (TPSA) is 134 Å². The van der Waals surface area contributed by atoms with Crippen LogP contribution < -0.4 is 15.6 Å². The van der Waals surface area contributed by atoms with E-state index in [4.69, 9.17) is 9.47 Å². The van der Waals surface area contributed by atoms with E-state index < -0.39 is 11.5 Å². The molecule has 0 saturated carbocycles. The van der Waals surface area contributed by atoms with E-state index in [2.05, 4.69) is 15.3 Å². The van der Waals surface area contributed by atoms with Gasteiger partial charge in [0.1, 0.15) is 17.2 Å². The van der Waals surface area contributed by atoms with Gasteiger partial charge in [0.15, 0.2) is 0 Å². The van der Waals surface area contributed by atoms with Gasteiger partial charge in [0.05, 0.1) is 18.6 Å². The highest BCUT2D eigenvalue weighted by atomic mass is 16.5. The van der Waals surface area contributed by atoms with Crippen molar-refractivity contribution in [3.63, 3.8) is 0 Å². The van der Waals surface area contributed by atoms with Crippen LogP contribution in [0.3, 0.4) is 0 Å². The fourth-order valence-corrected chi connectivity index (χ4v) is 3.19. The van der Waals surface area contributed by atoms with Crippen molar-refractivity contribution >= 4 is 22.4 Å². The van der Waals surface area contributed by atoms with Crippen LogP contribution in [0.2, 0.25) is 0 Å². The molecule has 9 nitrogen and oxygen atoms in total. The highest BCUT2D eigenvalue weighted by Crippen LogP contribution is 2.35. The summed E-state index contributed by atoms with van der Waals surface area (Å²) in [5.41, 5.74) is -0.505. The van der Waals surface area contributed by atoms with Crippen molar-refractivity contribution in [2.45, 2.75) is 6.42 Å². The third-order valence-corrected chi connectivity index (χ3v) is 4.67. The third-order valence-electron chi connectivity index (χ3n) is 4.67. The minimum atomic E-state index is -0.717. The number of nitrogens with one attached hydrogen (secondary N) is 2. The lowest BCUT2D eigenvalue weighted by Crippen LogP contribution is -2.18. The molecule has 4 rings (SSSR count). The van der Waals surface area contributed by atoms with Crippen LogP contribution in [0.25, 0.3) is 10.8 Å². The first kappa shape index (κ1) is 18.8. The zero-order valence-electron chi connectivity index (χ0n) is 15.3. The minimum absolute atomic E-state index is 0.116. The second-order valence-corrected chi connectivity index (χ2v) is 6.79. The van der Waals surface area contributed by atoms with Crippen LogP contribution in [0.5, 0.6) is 17.4 Å². The first-order valence-corrected chi connectivity index (χ1v) is 9.07. The number of ether oxygens (including phenoxy) is 2. The van der Waals surface area contributed by atoms with Gasteiger partial charge in [0.25, 0.3) is 5.91 Å². The lowest BCUT2D eigenvalue weighted by molar-refractivity contribution is 0.101. The van der Waals surface area contributed by atoms with Crippen molar-refractivity contribution in [1.29, 1.82) is 0 Å². The molecule has 0 bridgehead atoms. The standard InChI is InChI=1S/C20H19N3O6/c24-14-1-2-16(26)23-18(14)19(27)22-13-7-12-3-5-21-20(17(12)15(25)8-13)29-10-11-4-6-28-9-11/h1-3,5,7-8,11,24-25H,4,6,9-10H2,(H,22,27)(H,23,26). The number of hydrogen-bond acceptors (Lipinski definition) is 7. The monoisotopic (exact) mass is 397 g/mol. The maximum Gasteiger partial charge on any atom is 0.276 e. The third kappa shape index (κ3) is 3.99. The molecule has 1 aliphatic heterocycles. The number of amides is 1. The molecule has 0 spiro atoms. The van der Waals surface area contributed by atoms with Crippen LogP contribution >= 0.6 is 0 Å². The van der Waals surface area contributed by atoms with Crippen LogP contribution in [-0.4, -0.2) is 45.9 Å². The van der Waals surface area contributed by atoms with Gasteiger partial charge in [0.2, 0.25) is 11.4 Å². The number of phenolic OH excluding ortho intramolecular Hbond substituents is 1. The largest absolute Gasteiger partial charge is 0.507 e. The Labute approximate surface area is 164 Å². The summed E-state index contributed by atoms with van der Waals surface area (Å²) in [5.74, 6) is -0.605. The Hall–Kier alpha value is -3.59. The van der Waals surface area contributed by atoms with Crippen LogP contribution in [0.15, 0.2) is 41.3 Å². The predicted molar refractivity (Wildman–Crippen MR) is 105 cm³/mol. The number of hydrogen-bond donors (Lipinski definition) is 4. The Morgan fingerprint density at radius 3 is 2.93 bits per heavy atom. The van der Waals surface area contributed by atoms with Gasteiger partial charge in [-0.25, -0.2) is 4.98 Å². The molecule has 1 atom stereocenters. The lowest BCUT2D eigenvalue weighted by Gasteiger charge is -2.13. The van der Waals surface area contributed by atoms with Gasteiger partial charge < -0.3 is 30.0 Å². The van der Waals surface area contributed by atoms with Gasteiger partial charge in [0, 0.05) is 36.5 Å². The fourth-order valence-electron chi connectivity index (χ4n) is 3.19. The number of nitrogens with zero attached hydrogens (tertiary/aromatic N) is 1. The van der Waals surface area contributed by atoms with Gasteiger partial charge in [-0.15, -0.1) is 0 Å². The van der Waals surface area contributed by atoms with E-state index in [1.807, 2.05) is 0 Å². The van der Waals surface area contributed by atoms with E-state index in [0.717, 1.165) is 18.6 Å². The average Bonchev–Trinajstić information content (AvgIpc) is 3.21. The van der Waals surface area contributed by atoms with E-state index in [-0.39, 0.29) is 28.8 Å². The molecule has 1 fully saturated rings. The number of phenols is 1. The van der Waals surface area contributed by atoms with Crippen molar-refractivity contribution in [1.82, 2.24) is 9.97 Å². The number of rotatable bonds is 5. The van der Waals surface area contributed by atoms with Crippen molar-refractivity contribution in [3.05, 3.63) is 52.6 Å². The average molecular weight is 397 g/mol. The number of aromatic amines is 1. The zero-order chi connectivity index (χ0) is 20.4. The summed E-state index contributed by atoms with van der Waals surface area (Å²) in [7, 11) is 0. The van der Waals surface area contributed by atoms with Crippen molar-refractivity contribution in [2.75, 3.05) is 25.1 Å².